The summed E-state index contributed by atoms with van der Waals surface area (Å²) < 4.78 is 6.09. The summed E-state index contributed by atoms with van der Waals surface area (Å²) in [5, 5.41) is 0. The average Bonchev–Trinajstić information content (AvgIpc) is 2.87. The van der Waals surface area contributed by atoms with Crippen molar-refractivity contribution in [1.82, 2.24) is 0 Å². The molecular formula is C15H22N2OS. The fourth-order valence-corrected chi connectivity index (χ4v) is 4.49. The van der Waals surface area contributed by atoms with Crippen molar-refractivity contribution in [1.29, 1.82) is 0 Å². The van der Waals surface area contributed by atoms with E-state index >= 15 is 0 Å². The number of nitrogen functional groups attached to an aromatic ring is 1. The molecule has 0 radical (unpaired) electrons. The van der Waals surface area contributed by atoms with Gasteiger partial charge in [-0.05, 0) is 49.3 Å². The SMILES string of the molecule is CN(c1ccc(N)cc1)C1CCOC2(CCSC2)C1. The Hall–Kier alpha value is -0.870. The second-order valence-electron chi connectivity index (χ2n) is 5.68. The topological polar surface area (TPSA) is 38.5 Å². The first kappa shape index (κ1) is 13.1. The molecule has 1 aromatic carbocycles. The van der Waals surface area contributed by atoms with Crippen LogP contribution in [0.4, 0.5) is 11.4 Å². The highest BCUT2D eigenvalue weighted by Gasteiger charge is 2.41. The van der Waals surface area contributed by atoms with Crippen LogP contribution in [0.25, 0.3) is 0 Å². The molecule has 2 heterocycles. The average molecular weight is 278 g/mol. The molecule has 0 saturated carbocycles. The standard InChI is InChI=1S/C15H22N2OS/c1-17(13-4-2-12(16)3-5-13)14-6-8-18-15(10-14)7-9-19-11-15/h2-5,14H,6-11,16H2,1H3. The number of nitrogens with two attached hydrogens (primary N) is 1. The summed E-state index contributed by atoms with van der Waals surface area (Å²) in [6, 6.07) is 8.76. The lowest BCUT2D eigenvalue weighted by Gasteiger charge is -2.42. The third-order valence-electron chi connectivity index (χ3n) is 4.38. The molecule has 2 saturated heterocycles. The molecule has 3 rings (SSSR count). The van der Waals surface area contributed by atoms with Crippen molar-refractivity contribution >= 4 is 23.1 Å². The third kappa shape index (κ3) is 2.70. The first-order valence-corrected chi connectivity index (χ1v) is 8.14. The van der Waals surface area contributed by atoms with Crippen molar-refractivity contribution in [3.05, 3.63) is 24.3 Å². The molecule has 0 bridgehead atoms. The number of anilines is 2. The summed E-state index contributed by atoms with van der Waals surface area (Å²) in [5.74, 6) is 2.41. The van der Waals surface area contributed by atoms with Gasteiger partial charge in [-0.2, -0.15) is 11.8 Å². The van der Waals surface area contributed by atoms with Crippen LogP contribution in [0.1, 0.15) is 19.3 Å². The molecule has 2 atom stereocenters. The van der Waals surface area contributed by atoms with Crippen molar-refractivity contribution < 1.29 is 4.74 Å². The third-order valence-corrected chi connectivity index (χ3v) is 5.61. The fourth-order valence-electron chi connectivity index (χ4n) is 3.12. The summed E-state index contributed by atoms with van der Waals surface area (Å²) in [7, 11) is 2.19. The smallest absolute Gasteiger partial charge is 0.0799 e. The Balaban J connectivity index is 1.72. The van der Waals surface area contributed by atoms with Crippen molar-refractivity contribution in [2.24, 2.45) is 0 Å². The second-order valence-corrected chi connectivity index (χ2v) is 6.79. The molecule has 2 aliphatic heterocycles. The number of rotatable bonds is 2. The van der Waals surface area contributed by atoms with E-state index in [-0.39, 0.29) is 5.60 Å². The largest absolute Gasteiger partial charge is 0.399 e. The van der Waals surface area contributed by atoms with Crippen LogP contribution in [0.5, 0.6) is 0 Å². The minimum absolute atomic E-state index is 0.148. The molecule has 1 spiro atoms. The van der Waals surface area contributed by atoms with Crippen LogP contribution in [0.15, 0.2) is 24.3 Å². The molecule has 104 valence electrons. The van der Waals surface area contributed by atoms with E-state index in [0.29, 0.717) is 6.04 Å². The van der Waals surface area contributed by atoms with Crippen LogP contribution >= 0.6 is 11.8 Å². The summed E-state index contributed by atoms with van der Waals surface area (Å²) in [6.45, 7) is 0.893. The normalized spacial score (nSPS) is 30.7. The molecule has 4 heteroatoms. The Morgan fingerprint density at radius 2 is 2.16 bits per heavy atom. The maximum Gasteiger partial charge on any atom is 0.0799 e. The van der Waals surface area contributed by atoms with Crippen molar-refractivity contribution in [2.75, 3.05) is 35.8 Å². The van der Waals surface area contributed by atoms with Crippen LogP contribution in [0, 0.1) is 0 Å². The number of benzene rings is 1. The summed E-state index contributed by atoms with van der Waals surface area (Å²) in [4.78, 5) is 2.40. The van der Waals surface area contributed by atoms with E-state index in [9.17, 15) is 0 Å². The quantitative estimate of drug-likeness (QED) is 0.844. The summed E-state index contributed by atoms with van der Waals surface area (Å²) in [6.07, 6.45) is 3.48. The van der Waals surface area contributed by atoms with Gasteiger partial charge in [0.1, 0.15) is 0 Å². The van der Waals surface area contributed by atoms with Gasteiger partial charge in [0, 0.05) is 36.8 Å². The van der Waals surface area contributed by atoms with Crippen molar-refractivity contribution in [3.63, 3.8) is 0 Å². The van der Waals surface area contributed by atoms with Gasteiger partial charge >= 0.3 is 0 Å². The van der Waals surface area contributed by atoms with E-state index in [1.807, 2.05) is 23.9 Å². The van der Waals surface area contributed by atoms with Gasteiger partial charge in [-0.3, -0.25) is 0 Å². The lowest BCUT2D eigenvalue weighted by molar-refractivity contribution is -0.0658. The molecule has 2 fully saturated rings. The highest BCUT2D eigenvalue weighted by Crippen LogP contribution is 2.40. The fraction of sp³-hybridized carbons (Fsp3) is 0.600. The molecular weight excluding hydrogens is 256 g/mol. The van der Waals surface area contributed by atoms with Gasteiger partial charge < -0.3 is 15.4 Å². The van der Waals surface area contributed by atoms with Crippen molar-refractivity contribution in [3.8, 4) is 0 Å². The molecule has 2 N–H and O–H groups in total. The molecule has 0 amide bonds. The van der Waals surface area contributed by atoms with Gasteiger partial charge in [-0.25, -0.2) is 0 Å². The van der Waals surface area contributed by atoms with Gasteiger partial charge in [0.25, 0.3) is 0 Å². The van der Waals surface area contributed by atoms with Gasteiger partial charge in [0.2, 0.25) is 0 Å². The number of hydrogen-bond acceptors (Lipinski definition) is 4. The predicted molar refractivity (Wildman–Crippen MR) is 82.9 cm³/mol. The van der Waals surface area contributed by atoms with E-state index in [0.717, 1.165) is 25.1 Å². The Morgan fingerprint density at radius 3 is 2.84 bits per heavy atom. The van der Waals surface area contributed by atoms with E-state index in [2.05, 4.69) is 24.1 Å². The zero-order chi connectivity index (χ0) is 13.3. The van der Waals surface area contributed by atoms with Crippen LogP contribution in [0.3, 0.4) is 0 Å². The zero-order valence-electron chi connectivity index (χ0n) is 11.5. The molecule has 2 aliphatic rings. The van der Waals surface area contributed by atoms with Gasteiger partial charge in [-0.1, -0.05) is 0 Å². The molecule has 19 heavy (non-hydrogen) atoms. The number of nitrogens with zero attached hydrogens (tertiary/aromatic N) is 1. The lowest BCUT2D eigenvalue weighted by atomic mass is 9.89. The molecule has 3 nitrogen and oxygen atoms in total. The summed E-state index contributed by atoms with van der Waals surface area (Å²) >= 11 is 2.03. The Labute approximate surface area is 119 Å². The minimum atomic E-state index is 0.148. The highest BCUT2D eigenvalue weighted by molar-refractivity contribution is 7.99. The predicted octanol–water partition coefficient (Wildman–Crippen LogP) is 2.76. The highest BCUT2D eigenvalue weighted by atomic mass is 32.2. The molecule has 1 aromatic rings. The second kappa shape index (κ2) is 5.25. The molecule has 0 aromatic heterocycles. The molecule has 0 aliphatic carbocycles. The van der Waals surface area contributed by atoms with Gasteiger partial charge in [0.15, 0.2) is 0 Å². The van der Waals surface area contributed by atoms with Crippen molar-refractivity contribution in [2.45, 2.75) is 30.9 Å². The Kier molecular flexibility index (Phi) is 3.63. The van der Waals surface area contributed by atoms with Crippen LogP contribution in [-0.4, -0.2) is 36.8 Å². The Morgan fingerprint density at radius 1 is 1.37 bits per heavy atom. The van der Waals surface area contributed by atoms with E-state index in [4.69, 9.17) is 10.5 Å². The summed E-state index contributed by atoms with van der Waals surface area (Å²) in [5.41, 5.74) is 7.99. The van der Waals surface area contributed by atoms with Crippen LogP contribution in [0.2, 0.25) is 0 Å². The van der Waals surface area contributed by atoms with E-state index in [1.165, 1.54) is 23.6 Å². The van der Waals surface area contributed by atoms with Crippen LogP contribution in [-0.2, 0) is 4.74 Å². The lowest BCUT2D eigenvalue weighted by Crippen LogP contribution is -2.48. The number of thioether (sulfide) groups is 1. The van der Waals surface area contributed by atoms with E-state index < -0.39 is 0 Å². The van der Waals surface area contributed by atoms with E-state index in [1.54, 1.807) is 0 Å². The van der Waals surface area contributed by atoms with Gasteiger partial charge in [-0.15, -0.1) is 0 Å². The Bertz CT molecular complexity index is 428. The maximum absolute atomic E-state index is 6.09. The minimum Gasteiger partial charge on any atom is -0.399 e. The first-order valence-electron chi connectivity index (χ1n) is 6.99. The van der Waals surface area contributed by atoms with Crippen LogP contribution < -0.4 is 10.6 Å². The van der Waals surface area contributed by atoms with Gasteiger partial charge in [0.05, 0.1) is 5.60 Å². The zero-order valence-corrected chi connectivity index (χ0v) is 12.3. The number of hydrogen-bond donors (Lipinski definition) is 1. The number of ether oxygens (including phenoxy) is 1. The molecule has 2 unspecified atom stereocenters. The maximum atomic E-state index is 6.09. The first-order chi connectivity index (χ1) is 9.19. The monoisotopic (exact) mass is 278 g/mol.